The largest absolute Gasteiger partial charge is 0.491 e. The van der Waals surface area contributed by atoms with Gasteiger partial charge in [-0.15, -0.1) is 0 Å². The number of nitrogens with one attached hydrogen (secondary N) is 1. The van der Waals surface area contributed by atoms with Crippen molar-refractivity contribution in [1.82, 2.24) is 5.32 Å². The highest BCUT2D eigenvalue weighted by Crippen LogP contribution is 2.25. The van der Waals surface area contributed by atoms with Crippen LogP contribution in [0.4, 0.5) is 0 Å². The Kier molecular flexibility index (Phi) is 6.87. The number of amides is 1. The van der Waals surface area contributed by atoms with E-state index in [1.165, 1.54) is 5.56 Å². The van der Waals surface area contributed by atoms with Gasteiger partial charge in [-0.1, -0.05) is 49.7 Å². The third-order valence-corrected chi connectivity index (χ3v) is 3.83. The summed E-state index contributed by atoms with van der Waals surface area (Å²) in [5, 5.41) is 2.89. The Morgan fingerprint density at radius 1 is 1.00 bits per heavy atom. The fourth-order valence-electron chi connectivity index (χ4n) is 2.45. The van der Waals surface area contributed by atoms with E-state index < -0.39 is 0 Å². The van der Waals surface area contributed by atoms with E-state index in [9.17, 15) is 4.79 Å². The average molecular weight is 341 g/mol. The molecule has 25 heavy (non-hydrogen) atoms. The number of hydrogen-bond acceptors (Lipinski definition) is 3. The van der Waals surface area contributed by atoms with Crippen LogP contribution in [0.5, 0.6) is 11.5 Å². The number of hydrogen-bond donors (Lipinski definition) is 1. The van der Waals surface area contributed by atoms with Gasteiger partial charge < -0.3 is 14.8 Å². The Labute approximate surface area is 150 Å². The third-order valence-electron chi connectivity index (χ3n) is 3.83. The van der Waals surface area contributed by atoms with Gasteiger partial charge in [-0.05, 0) is 43.5 Å². The van der Waals surface area contributed by atoms with Crippen LogP contribution in [0.25, 0.3) is 0 Å². The summed E-state index contributed by atoms with van der Waals surface area (Å²) in [6, 6.07) is 15.6. The molecule has 1 atom stereocenters. The number of carbonyl (C=O) groups excluding carboxylic acids is 1. The maximum absolute atomic E-state index is 12.1. The molecule has 0 radical (unpaired) electrons. The van der Waals surface area contributed by atoms with Crippen LogP contribution < -0.4 is 14.8 Å². The summed E-state index contributed by atoms with van der Waals surface area (Å²) < 4.78 is 11.4. The summed E-state index contributed by atoms with van der Waals surface area (Å²) in [7, 11) is 0. The van der Waals surface area contributed by atoms with Gasteiger partial charge in [0.05, 0.1) is 6.04 Å². The average Bonchev–Trinajstić information content (AvgIpc) is 2.59. The zero-order valence-electron chi connectivity index (χ0n) is 15.4. The van der Waals surface area contributed by atoms with Crippen LogP contribution >= 0.6 is 0 Å². The van der Waals surface area contributed by atoms with Crippen LogP contribution in [0, 0.1) is 6.92 Å². The molecule has 2 rings (SSSR count). The van der Waals surface area contributed by atoms with E-state index in [0.717, 1.165) is 17.1 Å². The molecule has 0 aromatic heterocycles. The molecule has 0 spiro atoms. The molecule has 0 saturated heterocycles. The lowest BCUT2D eigenvalue weighted by Gasteiger charge is -2.17. The second-order valence-electron chi connectivity index (χ2n) is 6.57. The van der Waals surface area contributed by atoms with Crippen LogP contribution in [0.1, 0.15) is 37.8 Å². The smallest absolute Gasteiger partial charge is 0.258 e. The SMILES string of the molecule is Cc1ccc(OC[C@@H](C)NC(=O)COc2ccccc2C(C)C)cc1. The number of ether oxygens (including phenoxy) is 2. The molecule has 0 aliphatic rings. The number of carbonyl (C=O) groups is 1. The summed E-state index contributed by atoms with van der Waals surface area (Å²) in [6.07, 6.45) is 0. The van der Waals surface area contributed by atoms with E-state index in [1.54, 1.807) is 0 Å². The second kappa shape index (κ2) is 9.11. The Morgan fingerprint density at radius 2 is 1.68 bits per heavy atom. The van der Waals surface area contributed by atoms with Crippen molar-refractivity contribution >= 4 is 5.91 Å². The van der Waals surface area contributed by atoms with Crippen molar-refractivity contribution in [3.63, 3.8) is 0 Å². The van der Waals surface area contributed by atoms with Crippen molar-refractivity contribution in [1.29, 1.82) is 0 Å². The molecule has 134 valence electrons. The molecule has 0 aliphatic carbocycles. The Bertz CT molecular complexity index is 680. The predicted octanol–water partition coefficient (Wildman–Crippen LogP) is 4.08. The molecule has 0 aliphatic heterocycles. The molecule has 0 unspecified atom stereocenters. The first-order chi connectivity index (χ1) is 12.0. The molecule has 0 heterocycles. The van der Waals surface area contributed by atoms with E-state index in [2.05, 4.69) is 19.2 Å². The molecule has 4 nitrogen and oxygen atoms in total. The predicted molar refractivity (Wildman–Crippen MR) is 100 cm³/mol. The van der Waals surface area contributed by atoms with Gasteiger partial charge in [-0.3, -0.25) is 4.79 Å². The van der Waals surface area contributed by atoms with Crippen LogP contribution in [-0.4, -0.2) is 25.2 Å². The van der Waals surface area contributed by atoms with Gasteiger partial charge in [0.1, 0.15) is 18.1 Å². The van der Waals surface area contributed by atoms with Crippen molar-refractivity contribution in [2.24, 2.45) is 0 Å². The minimum Gasteiger partial charge on any atom is -0.491 e. The maximum atomic E-state index is 12.1. The normalized spacial score (nSPS) is 11.9. The van der Waals surface area contributed by atoms with Crippen molar-refractivity contribution in [2.45, 2.75) is 39.7 Å². The standard InChI is InChI=1S/C21H27NO3/c1-15(2)19-7-5-6-8-20(19)25-14-21(23)22-17(4)13-24-18-11-9-16(3)10-12-18/h5-12,15,17H,13-14H2,1-4H3,(H,22,23)/t17-/m1/s1. The Hall–Kier alpha value is -2.49. The highest BCUT2D eigenvalue weighted by atomic mass is 16.5. The van der Waals surface area contributed by atoms with E-state index in [4.69, 9.17) is 9.47 Å². The summed E-state index contributed by atoms with van der Waals surface area (Å²) in [5.41, 5.74) is 2.29. The van der Waals surface area contributed by atoms with E-state index in [0.29, 0.717) is 12.5 Å². The molecule has 0 bridgehead atoms. The van der Waals surface area contributed by atoms with Crippen molar-refractivity contribution < 1.29 is 14.3 Å². The fourth-order valence-corrected chi connectivity index (χ4v) is 2.45. The van der Waals surface area contributed by atoms with E-state index in [1.807, 2.05) is 62.4 Å². The Morgan fingerprint density at radius 3 is 2.36 bits per heavy atom. The maximum Gasteiger partial charge on any atom is 0.258 e. The molecule has 0 saturated carbocycles. The highest BCUT2D eigenvalue weighted by molar-refractivity contribution is 5.77. The van der Waals surface area contributed by atoms with Gasteiger partial charge in [-0.25, -0.2) is 0 Å². The lowest BCUT2D eigenvalue weighted by Crippen LogP contribution is -2.39. The lowest BCUT2D eigenvalue weighted by molar-refractivity contribution is -0.123. The van der Waals surface area contributed by atoms with Crippen LogP contribution in [0.3, 0.4) is 0 Å². The van der Waals surface area contributed by atoms with Crippen molar-refractivity contribution in [2.75, 3.05) is 13.2 Å². The van der Waals surface area contributed by atoms with Gasteiger partial charge >= 0.3 is 0 Å². The zero-order chi connectivity index (χ0) is 18.2. The van der Waals surface area contributed by atoms with Gasteiger partial charge in [0.15, 0.2) is 6.61 Å². The summed E-state index contributed by atoms with van der Waals surface area (Å²) in [5.74, 6) is 1.75. The second-order valence-corrected chi connectivity index (χ2v) is 6.57. The number of para-hydroxylation sites is 1. The zero-order valence-corrected chi connectivity index (χ0v) is 15.4. The van der Waals surface area contributed by atoms with E-state index >= 15 is 0 Å². The quantitative estimate of drug-likeness (QED) is 0.787. The lowest BCUT2D eigenvalue weighted by atomic mass is 10.0. The third kappa shape index (κ3) is 6.14. The number of rotatable bonds is 8. The van der Waals surface area contributed by atoms with Crippen molar-refractivity contribution in [3.05, 3.63) is 59.7 Å². The molecule has 1 N–H and O–H groups in total. The van der Waals surface area contributed by atoms with Gasteiger partial charge in [0, 0.05) is 0 Å². The molecule has 4 heteroatoms. The first kappa shape index (κ1) is 18.8. The Balaban J connectivity index is 1.77. The first-order valence-corrected chi connectivity index (χ1v) is 8.66. The van der Waals surface area contributed by atoms with Gasteiger partial charge in [-0.2, -0.15) is 0 Å². The summed E-state index contributed by atoms with van der Waals surface area (Å²) in [4.78, 5) is 12.1. The molecule has 2 aromatic carbocycles. The summed E-state index contributed by atoms with van der Waals surface area (Å²) in [6.45, 7) is 8.56. The molecular formula is C21H27NO3. The van der Waals surface area contributed by atoms with Gasteiger partial charge in [0.2, 0.25) is 0 Å². The molecule has 0 fully saturated rings. The van der Waals surface area contributed by atoms with E-state index in [-0.39, 0.29) is 18.6 Å². The monoisotopic (exact) mass is 341 g/mol. The minimum atomic E-state index is -0.154. The number of benzene rings is 2. The van der Waals surface area contributed by atoms with Gasteiger partial charge in [0.25, 0.3) is 5.91 Å². The topological polar surface area (TPSA) is 47.6 Å². The van der Waals surface area contributed by atoms with Crippen molar-refractivity contribution in [3.8, 4) is 11.5 Å². The first-order valence-electron chi connectivity index (χ1n) is 8.66. The van der Waals surface area contributed by atoms with Crippen LogP contribution in [0.2, 0.25) is 0 Å². The molecule has 1 amide bonds. The number of aryl methyl sites for hydroxylation is 1. The molecular weight excluding hydrogens is 314 g/mol. The highest BCUT2D eigenvalue weighted by Gasteiger charge is 2.11. The van der Waals surface area contributed by atoms with Crippen LogP contribution in [-0.2, 0) is 4.79 Å². The van der Waals surface area contributed by atoms with Crippen LogP contribution in [0.15, 0.2) is 48.5 Å². The minimum absolute atomic E-state index is 0.00138. The fraction of sp³-hybridized carbons (Fsp3) is 0.381. The summed E-state index contributed by atoms with van der Waals surface area (Å²) >= 11 is 0. The molecule has 2 aromatic rings.